The minimum atomic E-state index is -4.63. The van der Waals surface area contributed by atoms with Crippen LogP contribution < -0.4 is 10.1 Å². The molecule has 3 rings (SSSR count). The molecule has 1 N–H and O–H groups in total. The first-order chi connectivity index (χ1) is 14.1. The molecule has 1 atom stereocenters. The van der Waals surface area contributed by atoms with Gasteiger partial charge in [0.05, 0.1) is 23.2 Å². The number of anilines is 1. The molecule has 156 valence electrons. The van der Waals surface area contributed by atoms with Gasteiger partial charge in [0.2, 0.25) is 5.91 Å². The number of fused-ring (bicyclic) bond motifs is 1. The van der Waals surface area contributed by atoms with Crippen LogP contribution in [0.2, 0.25) is 0 Å². The van der Waals surface area contributed by atoms with Crippen LogP contribution in [0.25, 0.3) is 10.9 Å². The van der Waals surface area contributed by atoms with Crippen LogP contribution in [-0.2, 0) is 11.0 Å². The van der Waals surface area contributed by atoms with Gasteiger partial charge in [0.1, 0.15) is 12.4 Å². The first kappa shape index (κ1) is 21.2. The van der Waals surface area contributed by atoms with Crippen LogP contribution in [-0.4, -0.2) is 17.1 Å². The average Bonchev–Trinajstić information content (AvgIpc) is 3.00. The van der Waals surface area contributed by atoms with Crippen LogP contribution in [0.15, 0.2) is 42.5 Å². The third-order valence-electron chi connectivity index (χ3n) is 4.73. The van der Waals surface area contributed by atoms with Crippen LogP contribution in [0.5, 0.6) is 5.75 Å². The Balaban J connectivity index is 1.87. The van der Waals surface area contributed by atoms with E-state index in [1.807, 2.05) is 6.92 Å². The van der Waals surface area contributed by atoms with E-state index in [2.05, 4.69) is 5.32 Å². The second-order valence-corrected chi connectivity index (χ2v) is 7.05. The smallest absolute Gasteiger partial charge is 0.418 e. The fraction of sp³-hybridized carbons (Fsp3) is 0.273. The zero-order valence-electron chi connectivity index (χ0n) is 16.7. The van der Waals surface area contributed by atoms with E-state index in [1.165, 1.54) is 25.1 Å². The molecule has 0 saturated heterocycles. The maximum atomic E-state index is 13.6. The fourth-order valence-electron chi connectivity index (χ4n) is 3.55. The lowest BCUT2D eigenvalue weighted by Crippen LogP contribution is -2.15. The lowest BCUT2D eigenvalue weighted by molar-refractivity contribution is -0.136. The molecule has 0 unspecified atom stereocenters. The van der Waals surface area contributed by atoms with Crippen molar-refractivity contribution in [2.75, 3.05) is 11.9 Å². The summed E-state index contributed by atoms with van der Waals surface area (Å²) >= 11 is 0. The van der Waals surface area contributed by atoms with Crippen molar-refractivity contribution in [2.24, 2.45) is 0 Å². The van der Waals surface area contributed by atoms with Gasteiger partial charge in [-0.1, -0.05) is 0 Å². The molecule has 30 heavy (non-hydrogen) atoms. The molecule has 0 aliphatic carbocycles. The van der Waals surface area contributed by atoms with Gasteiger partial charge in [-0.05, 0) is 56.3 Å². The molecule has 5 nitrogen and oxygen atoms in total. The van der Waals surface area contributed by atoms with E-state index in [9.17, 15) is 18.0 Å². The minimum absolute atomic E-state index is 0.00515. The van der Waals surface area contributed by atoms with Crippen molar-refractivity contribution in [1.29, 1.82) is 5.26 Å². The summed E-state index contributed by atoms with van der Waals surface area (Å²) in [7, 11) is 0. The van der Waals surface area contributed by atoms with Gasteiger partial charge < -0.3 is 14.6 Å². The summed E-state index contributed by atoms with van der Waals surface area (Å²) in [5.41, 5.74) is 0.378. The summed E-state index contributed by atoms with van der Waals surface area (Å²) in [5.74, 6) is 0.401. The zero-order valence-corrected chi connectivity index (χ0v) is 16.7. The van der Waals surface area contributed by atoms with Crippen molar-refractivity contribution in [1.82, 2.24) is 4.57 Å². The van der Waals surface area contributed by atoms with Crippen LogP contribution >= 0.6 is 0 Å². The first-order valence-corrected chi connectivity index (χ1v) is 9.24. The number of amides is 1. The van der Waals surface area contributed by atoms with Gasteiger partial charge in [0, 0.05) is 29.2 Å². The Hall–Kier alpha value is -3.47. The van der Waals surface area contributed by atoms with Crippen LogP contribution in [0, 0.1) is 18.3 Å². The number of carbonyl (C=O) groups excluding carboxylic acids is 1. The molecule has 0 aliphatic rings. The molecule has 0 saturated carbocycles. The molecule has 1 heterocycles. The molecular formula is C22H20F3N3O2. The van der Waals surface area contributed by atoms with Gasteiger partial charge in [-0.2, -0.15) is 18.4 Å². The molecule has 8 heteroatoms. The van der Waals surface area contributed by atoms with Crippen molar-refractivity contribution >= 4 is 22.5 Å². The monoisotopic (exact) mass is 415 g/mol. The maximum absolute atomic E-state index is 13.6. The van der Waals surface area contributed by atoms with Gasteiger partial charge in [-0.3, -0.25) is 4.79 Å². The summed E-state index contributed by atoms with van der Waals surface area (Å²) in [6, 6.07) is 12.4. The van der Waals surface area contributed by atoms with Gasteiger partial charge in [0.25, 0.3) is 0 Å². The van der Waals surface area contributed by atoms with E-state index < -0.39 is 17.3 Å². The summed E-state index contributed by atoms with van der Waals surface area (Å²) in [4.78, 5) is 11.1. The molecule has 0 spiro atoms. The number of carbonyl (C=O) groups is 1. The highest BCUT2D eigenvalue weighted by molar-refractivity contribution is 5.89. The third kappa shape index (κ3) is 4.25. The molecule has 2 aromatic carbocycles. The number of benzene rings is 2. The predicted octanol–water partition coefficient (Wildman–Crippen LogP) is 5.44. The number of rotatable bonds is 5. The number of halogens is 3. The molecule has 1 aromatic heterocycles. The Labute approximate surface area is 171 Å². The summed E-state index contributed by atoms with van der Waals surface area (Å²) < 4.78 is 48.3. The normalized spacial score (nSPS) is 12.4. The minimum Gasteiger partial charge on any atom is -0.491 e. The van der Waals surface area contributed by atoms with Crippen molar-refractivity contribution in [2.45, 2.75) is 33.0 Å². The number of nitrogens with zero attached hydrogens (tertiary/aromatic N) is 2. The third-order valence-corrected chi connectivity index (χ3v) is 4.73. The molecule has 1 amide bonds. The van der Waals surface area contributed by atoms with Gasteiger partial charge in [0.15, 0.2) is 0 Å². The number of hydrogen-bond acceptors (Lipinski definition) is 3. The lowest BCUT2D eigenvalue weighted by Gasteiger charge is -2.19. The van der Waals surface area contributed by atoms with Gasteiger partial charge in [-0.25, -0.2) is 0 Å². The Morgan fingerprint density at radius 3 is 2.47 bits per heavy atom. The van der Waals surface area contributed by atoms with E-state index >= 15 is 0 Å². The molecule has 0 radical (unpaired) electrons. The highest BCUT2D eigenvalue weighted by Gasteiger charge is 2.36. The zero-order chi connectivity index (χ0) is 22.1. The van der Waals surface area contributed by atoms with Crippen LogP contribution in [0.3, 0.4) is 0 Å². The van der Waals surface area contributed by atoms with Gasteiger partial charge in [-0.15, -0.1) is 0 Å². The molecular weight excluding hydrogens is 395 g/mol. The number of nitriles is 1. The number of aromatic nitrogens is 1. The van der Waals surface area contributed by atoms with E-state index in [4.69, 9.17) is 10.00 Å². The Morgan fingerprint density at radius 1 is 1.23 bits per heavy atom. The van der Waals surface area contributed by atoms with Crippen molar-refractivity contribution in [3.05, 3.63) is 59.3 Å². The number of hydrogen-bond donors (Lipinski definition) is 1. The largest absolute Gasteiger partial charge is 0.491 e. The Bertz CT molecular complexity index is 1130. The van der Waals surface area contributed by atoms with E-state index in [-0.39, 0.29) is 23.9 Å². The highest BCUT2D eigenvalue weighted by atomic mass is 19.4. The first-order valence-electron chi connectivity index (χ1n) is 9.24. The molecule has 3 aromatic rings. The Kier molecular flexibility index (Phi) is 5.74. The molecule has 0 aliphatic heterocycles. The van der Waals surface area contributed by atoms with E-state index in [0.717, 1.165) is 0 Å². The maximum Gasteiger partial charge on any atom is 0.418 e. The van der Waals surface area contributed by atoms with Gasteiger partial charge >= 0.3 is 6.18 Å². The van der Waals surface area contributed by atoms with Crippen LogP contribution in [0.1, 0.15) is 36.7 Å². The fourth-order valence-corrected chi connectivity index (χ4v) is 3.55. The van der Waals surface area contributed by atoms with E-state index in [1.54, 1.807) is 41.8 Å². The topological polar surface area (TPSA) is 67.0 Å². The van der Waals surface area contributed by atoms with Crippen molar-refractivity contribution in [3.8, 4) is 11.8 Å². The van der Waals surface area contributed by atoms with Crippen LogP contribution in [0.4, 0.5) is 18.9 Å². The predicted molar refractivity (Wildman–Crippen MR) is 107 cm³/mol. The second kappa shape index (κ2) is 8.11. The number of ether oxygens (including phenoxy) is 1. The second-order valence-electron chi connectivity index (χ2n) is 7.05. The molecule has 0 bridgehead atoms. The summed E-state index contributed by atoms with van der Waals surface area (Å²) in [6.07, 6.45) is -4.63. The lowest BCUT2D eigenvalue weighted by atomic mass is 10.0. The number of aryl methyl sites for hydroxylation is 1. The average molecular weight is 415 g/mol. The number of alkyl halides is 3. The quantitative estimate of drug-likeness (QED) is 0.604. The van der Waals surface area contributed by atoms with E-state index in [0.29, 0.717) is 22.6 Å². The van der Waals surface area contributed by atoms with Crippen molar-refractivity contribution in [3.63, 3.8) is 0 Å². The summed E-state index contributed by atoms with van der Waals surface area (Å²) in [5, 5.41) is 11.8. The Morgan fingerprint density at radius 2 is 1.90 bits per heavy atom. The van der Waals surface area contributed by atoms with Crippen molar-refractivity contribution < 1.29 is 22.7 Å². The number of nitrogens with one attached hydrogen (secondary N) is 1. The standard InChI is InChI=1S/C22H20F3N3O2/c1-13-10-19-20(9-4-16(11-26)21(19)22(23,24)25)28(13)14(2)12-30-18-7-5-17(6-8-18)27-15(3)29/h4-10,14H,12H2,1-3H3,(H,27,29)/t14-/m1/s1. The highest BCUT2D eigenvalue weighted by Crippen LogP contribution is 2.39. The summed E-state index contributed by atoms with van der Waals surface area (Å²) in [6.45, 7) is 5.22. The molecule has 0 fully saturated rings. The SMILES string of the molecule is CC(=O)Nc1ccc(OC[C@@H](C)n2c(C)cc3c(C(F)(F)F)c(C#N)ccc32)cc1.